The van der Waals surface area contributed by atoms with E-state index in [0.29, 0.717) is 18.8 Å². The normalized spacial score (nSPS) is 25.9. The molecule has 1 saturated heterocycles. The van der Waals surface area contributed by atoms with Gasteiger partial charge in [-0.3, -0.25) is 0 Å². The monoisotopic (exact) mass is 386 g/mol. The Bertz CT molecular complexity index is 677. The van der Waals surface area contributed by atoms with Gasteiger partial charge in [0.25, 0.3) is 0 Å². The first-order valence-corrected chi connectivity index (χ1v) is 9.14. The summed E-state index contributed by atoms with van der Waals surface area (Å²) in [5, 5.41) is 0. The molecule has 150 valence electrons. The van der Waals surface area contributed by atoms with Gasteiger partial charge in [0.2, 0.25) is 0 Å². The molecule has 1 amide bonds. The molecule has 0 N–H and O–H groups in total. The second kappa shape index (κ2) is 6.87. The highest BCUT2D eigenvalue weighted by Gasteiger charge is 2.49. The number of ether oxygens (including phenoxy) is 2. The summed E-state index contributed by atoms with van der Waals surface area (Å²) < 4.78 is 48.9. The summed E-state index contributed by atoms with van der Waals surface area (Å²) in [5.41, 5.74) is -1.44. The van der Waals surface area contributed by atoms with Crippen LogP contribution in [-0.4, -0.2) is 40.8 Å². The van der Waals surface area contributed by atoms with Gasteiger partial charge in [0.05, 0.1) is 12.3 Å². The quantitative estimate of drug-likeness (QED) is 0.742. The van der Waals surface area contributed by atoms with Crippen molar-refractivity contribution >= 4 is 6.09 Å². The van der Waals surface area contributed by atoms with E-state index in [1.807, 2.05) is 20.8 Å². The molecule has 1 saturated carbocycles. The number of hydrogen-bond donors (Lipinski definition) is 0. The molecule has 2 aliphatic rings. The van der Waals surface area contributed by atoms with Crippen molar-refractivity contribution < 1.29 is 27.4 Å². The summed E-state index contributed by atoms with van der Waals surface area (Å²) in [5.74, 6) is 0.336. The minimum absolute atomic E-state index is 0.0131. The van der Waals surface area contributed by atoms with E-state index in [4.69, 9.17) is 9.47 Å². The van der Waals surface area contributed by atoms with Crippen LogP contribution in [0.25, 0.3) is 0 Å². The molecule has 5 nitrogen and oxygen atoms in total. The van der Waals surface area contributed by atoms with Gasteiger partial charge in [-0.05, 0) is 64.0 Å². The summed E-state index contributed by atoms with van der Waals surface area (Å²) in [4.78, 5) is 17.5. The van der Waals surface area contributed by atoms with Crippen LogP contribution in [0.2, 0.25) is 0 Å². The van der Waals surface area contributed by atoms with Gasteiger partial charge in [-0.1, -0.05) is 0 Å². The standard InChI is InChI=1S/C19H25F3N2O3/c1-17(2,3)27-16(25)24-8-4-7-18(12-24)9-14(10-18)26-13-5-6-15(23-11-13)19(20,21)22/h5-6,11,14H,4,7-10,12H2,1-3H3. The van der Waals surface area contributed by atoms with Gasteiger partial charge in [0, 0.05) is 13.1 Å². The first-order chi connectivity index (χ1) is 12.5. The molecule has 3 rings (SSSR count). The number of carbonyl (C=O) groups is 1. The fourth-order valence-corrected chi connectivity index (χ4v) is 3.82. The highest BCUT2D eigenvalue weighted by molar-refractivity contribution is 5.68. The summed E-state index contributed by atoms with van der Waals surface area (Å²) in [6, 6.07) is 2.23. The topological polar surface area (TPSA) is 51.7 Å². The van der Waals surface area contributed by atoms with Crippen LogP contribution in [0.15, 0.2) is 18.3 Å². The summed E-state index contributed by atoms with van der Waals surface area (Å²) in [6.07, 6.45) is -0.236. The molecule has 1 spiro atoms. The number of nitrogens with zero attached hydrogens (tertiary/aromatic N) is 2. The third kappa shape index (κ3) is 4.84. The molecular weight excluding hydrogens is 361 g/mol. The number of likely N-dealkylation sites (tertiary alicyclic amines) is 1. The molecule has 0 atom stereocenters. The number of rotatable bonds is 2. The zero-order chi connectivity index (χ0) is 19.9. The van der Waals surface area contributed by atoms with Crippen LogP contribution in [0.4, 0.5) is 18.0 Å². The van der Waals surface area contributed by atoms with Crippen molar-refractivity contribution in [3.8, 4) is 5.75 Å². The highest BCUT2D eigenvalue weighted by atomic mass is 19.4. The number of carbonyl (C=O) groups excluding carboxylic acids is 1. The lowest BCUT2D eigenvalue weighted by Gasteiger charge is -2.52. The van der Waals surface area contributed by atoms with Gasteiger partial charge in [-0.25, -0.2) is 9.78 Å². The van der Waals surface area contributed by atoms with Crippen LogP contribution in [0.1, 0.15) is 52.1 Å². The zero-order valence-corrected chi connectivity index (χ0v) is 15.8. The van der Waals surface area contributed by atoms with Crippen molar-refractivity contribution in [1.82, 2.24) is 9.88 Å². The molecule has 0 bridgehead atoms. The summed E-state index contributed by atoms with van der Waals surface area (Å²) >= 11 is 0. The molecule has 1 aromatic rings. The number of piperidine rings is 1. The summed E-state index contributed by atoms with van der Waals surface area (Å²) in [7, 11) is 0. The molecule has 2 heterocycles. The van der Waals surface area contributed by atoms with Gasteiger partial charge >= 0.3 is 12.3 Å². The fraction of sp³-hybridized carbons (Fsp3) is 0.684. The lowest BCUT2D eigenvalue weighted by atomic mass is 9.62. The Morgan fingerprint density at radius 2 is 1.96 bits per heavy atom. The average molecular weight is 386 g/mol. The van der Waals surface area contributed by atoms with Gasteiger partial charge in [0.15, 0.2) is 0 Å². The summed E-state index contributed by atoms with van der Waals surface area (Å²) in [6.45, 7) is 6.85. The van der Waals surface area contributed by atoms with Gasteiger partial charge in [0.1, 0.15) is 17.0 Å². The van der Waals surface area contributed by atoms with E-state index in [0.717, 1.165) is 37.9 Å². The molecule has 27 heavy (non-hydrogen) atoms. The lowest BCUT2D eigenvalue weighted by Crippen LogP contribution is -2.55. The van der Waals surface area contributed by atoms with E-state index in [9.17, 15) is 18.0 Å². The van der Waals surface area contributed by atoms with Crippen LogP contribution >= 0.6 is 0 Å². The molecule has 1 aliphatic heterocycles. The maximum atomic E-state index is 12.6. The maximum Gasteiger partial charge on any atom is 0.433 e. The van der Waals surface area contributed by atoms with Crippen LogP contribution in [-0.2, 0) is 10.9 Å². The third-order valence-electron chi connectivity index (χ3n) is 4.96. The molecule has 0 aromatic carbocycles. The van der Waals surface area contributed by atoms with Crippen molar-refractivity contribution in [1.29, 1.82) is 0 Å². The second-order valence-electron chi connectivity index (χ2n) is 8.53. The molecule has 2 fully saturated rings. The van der Waals surface area contributed by atoms with Gasteiger partial charge in [-0.2, -0.15) is 13.2 Å². The Morgan fingerprint density at radius 3 is 2.52 bits per heavy atom. The first-order valence-electron chi connectivity index (χ1n) is 9.14. The molecule has 0 unspecified atom stereocenters. The molecule has 1 aliphatic carbocycles. The Morgan fingerprint density at radius 1 is 1.26 bits per heavy atom. The van der Waals surface area contributed by atoms with Crippen molar-refractivity contribution in [3.05, 3.63) is 24.0 Å². The average Bonchev–Trinajstić information content (AvgIpc) is 2.52. The van der Waals surface area contributed by atoms with E-state index in [2.05, 4.69) is 4.98 Å². The van der Waals surface area contributed by atoms with Crippen molar-refractivity contribution in [2.75, 3.05) is 13.1 Å². The number of halogens is 3. The Balaban J connectivity index is 1.53. The fourth-order valence-electron chi connectivity index (χ4n) is 3.82. The minimum Gasteiger partial charge on any atom is -0.489 e. The van der Waals surface area contributed by atoms with Crippen LogP contribution < -0.4 is 4.74 Å². The van der Waals surface area contributed by atoms with Crippen molar-refractivity contribution in [2.45, 2.75) is 64.3 Å². The van der Waals surface area contributed by atoms with Gasteiger partial charge in [-0.15, -0.1) is 0 Å². The highest BCUT2D eigenvalue weighted by Crippen LogP contribution is 2.49. The smallest absolute Gasteiger partial charge is 0.433 e. The SMILES string of the molecule is CC(C)(C)OC(=O)N1CCCC2(CC(Oc3ccc(C(F)(F)F)nc3)C2)C1. The predicted molar refractivity (Wildman–Crippen MR) is 92.4 cm³/mol. The predicted octanol–water partition coefficient (Wildman–Crippen LogP) is 4.66. The first kappa shape index (κ1) is 19.8. The number of aromatic nitrogens is 1. The van der Waals surface area contributed by atoms with Crippen LogP contribution in [0.5, 0.6) is 5.75 Å². The van der Waals surface area contributed by atoms with E-state index in [-0.39, 0.29) is 17.6 Å². The minimum atomic E-state index is -4.45. The lowest BCUT2D eigenvalue weighted by molar-refractivity contribution is -0.141. The molecule has 1 aromatic heterocycles. The Kier molecular flexibility index (Phi) is 5.03. The molecule has 8 heteroatoms. The Hall–Kier alpha value is -1.99. The maximum absolute atomic E-state index is 12.6. The van der Waals surface area contributed by atoms with E-state index >= 15 is 0 Å². The number of amides is 1. The van der Waals surface area contributed by atoms with E-state index in [1.165, 1.54) is 6.07 Å². The number of pyridine rings is 1. The number of alkyl halides is 3. The van der Waals surface area contributed by atoms with Crippen molar-refractivity contribution in [2.24, 2.45) is 5.41 Å². The van der Waals surface area contributed by atoms with Crippen LogP contribution in [0.3, 0.4) is 0 Å². The zero-order valence-electron chi connectivity index (χ0n) is 15.8. The van der Waals surface area contributed by atoms with Gasteiger partial charge < -0.3 is 14.4 Å². The largest absolute Gasteiger partial charge is 0.489 e. The molecule has 0 radical (unpaired) electrons. The van der Waals surface area contributed by atoms with E-state index in [1.54, 1.807) is 4.90 Å². The Labute approximate surface area is 156 Å². The van der Waals surface area contributed by atoms with Crippen LogP contribution in [0, 0.1) is 5.41 Å². The second-order valence-corrected chi connectivity index (χ2v) is 8.53. The van der Waals surface area contributed by atoms with Crippen molar-refractivity contribution in [3.63, 3.8) is 0 Å². The third-order valence-corrected chi connectivity index (χ3v) is 4.96. The number of hydrogen-bond acceptors (Lipinski definition) is 4. The van der Waals surface area contributed by atoms with E-state index < -0.39 is 17.5 Å². The molecular formula is C19H25F3N2O3.